The second-order valence-electron chi connectivity index (χ2n) is 12.9. The smallest absolute Gasteiger partial charge is 0.457 e. The largest absolute Gasteiger partial charge is 0.472 e. The number of quaternary nitrogens is 1. The molecule has 0 amide bonds. The average molecular weight is 671 g/mol. The van der Waals surface area contributed by atoms with Gasteiger partial charge in [0, 0.05) is 13.0 Å². The van der Waals surface area contributed by atoms with Gasteiger partial charge in [0.05, 0.1) is 34.4 Å². The summed E-state index contributed by atoms with van der Waals surface area (Å²) in [6, 6.07) is 0. The first-order valence-electron chi connectivity index (χ1n) is 17.9. The van der Waals surface area contributed by atoms with Crippen LogP contribution in [0.25, 0.3) is 0 Å². The second-order valence-corrected chi connectivity index (χ2v) is 14.3. The van der Waals surface area contributed by atoms with Crippen LogP contribution in [-0.4, -0.2) is 75.6 Å². The maximum Gasteiger partial charge on any atom is 0.472 e. The molecule has 0 aromatic heterocycles. The summed E-state index contributed by atoms with van der Waals surface area (Å²) in [4.78, 5) is 22.7. The van der Waals surface area contributed by atoms with Gasteiger partial charge in [-0.05, 0) is 51.4 Å². The molecule has 0 aliphatic rings. The van der Waals surface area contributed by atoms with Gasteiger partial charge in [0.15, 0.2) is 0 Å². The Hall–Kier alpha value is -1.54. The van der Waals surface area contributed by atoms with E-state index in [4.69, 9.17) is 18.5 Å². The van der Waals surface area contributed by atoms with Gasteiger partial charge < -0.3 is 18.9 Å². The lowest BCUT2D eigenvalue weighted by atomic mass is 10.1. The first-order valence-corrected chi connectivity index (χ1v) is 19.4. The van der Waals surface area contributed by atoms with Crippen LogP contribution in [0.3, 0.4) is 0 Å². The number of carbonyl (C=O) groups is 1. The predicted octanol–water partition coefficient (Wildman–Crippen LogP) is 9.65. The van der Waals surface area contributed by atoms with Crippen molar-refractivity contribution in [2.24, 2.45) is 0 Å². The van der Waals surface area contributed by atoms with Crippen LogP contribution in [-0.2, 0) is 27.9 Å². The Morgan fingerprint density at radius 3 is 1.85 bits per heavy atom. The van der Waals surface area contributed by atoms with Crippen LogP contribution < -0.4 is 0 Å². The number of allylic oxidation sites excluding steroid dienone is 8. The maximum absolute atomic E-state index is 12.6. The van der Waals surface area contributed by atoms with Crippen molar-refractivity contribution < 1.29 is 37.3 Å². The Morgan fingerprint density at radius 1 is 0.696 bits per heavy atom. The highest BCUT2D eigenvalue weighted by atomic mass is 31.2. The summed E-state index contributed by atoms with van der Waals surface area (Å²) < 4.78 is 34.7. The molecule has 0 heterocycles. The lowest BCUT2D eigenvalue weighted by Crippen LogP contribution is -2.37. The zero-order valence-electron chi connectivity index (χ0n) is 30.0. The van der Waals surface area contributed by atoms with Crippen molar-refractivity contribution >= 4 is 13.8 Å². The normalized spacial score (nSPS) is 14.7. The molecule has 2 atom stereocenters. The van der Waals surface area contributed by atoms with Crippen LogP contribution in [0.5, 0.6) is 0 Å². The number of hydrogen-bond acceptors (Lipinski definition) is 6. The highest BCUT2D eigenvalue weighted by Crippen LogP contribution is 2.43. The van der Waals surface area contributed by atoms with Crippen molar-refractivity contribution in [1.29, 1.82) is 0 Å². The van der Waals surface area contributed by atoms with E-state index in [0.717, 1.165) is 51.4 Å². The van der Waals surface area contributed by atoms with Crippen LogP contribution in [0.15, 0.2) is 48.6 Å². The van der Waals surface area contributed by atoms with Crippen molar-refractivity contribution in [2.45, 2.75) is 129 Å². The Labute approximate surface area is 282 Å². The van der Waals surface area contributed by atoms with Crippen molar-refractivity contribution in [3.63, 3.8) is 0 Å². The Morgan fingerprint density at radius 2 is 1.26 bits per heavy atom. The lowest BCUT2D eigenvalue weighted by Gasteiger charge is -2.24. The first kappa shape index (κ1) is 44.5. The van der Waals surface area contributed by atoms with Gasteiger partial charge in [-0.2, -0.15) is 0 Å². The van der Waals surface area contributed by atoms with Crippen LogP contribution in [0.4, 0.5) is 0 Å². The molecule has 0 aliphatic heterocycles. The number of ether oxygens (including phenoxy) is 2. The summed E-state index contributed by atoms with van der Waals surface area (Å²) >= 11 is 0. The van der Waals surface area contributed by atoms with Crippen LogP contribution >= 0.6 is 7.82 Å². The number of rotatable bonds is 32. The second kappa shape index (κ2) is 30.8. The van der Waals surface area contributed by atoms with Gasteiger partial charge in [-0.1, -0.05) is 114 Å². The molecule has 0 rings (SSSR count). The van der Waals surface area contributed by atoms with Gasteiger partial charge in [0.2, 0.25) is 0 Å². The van der Waals surface area contributed by atoms with Crippen LogP contribution in [0, 0.1) is 0 Å². The van der Waals surface area contributed by atoms with E-state index in [9.17, 15) is 14.3 Å². The number of esters is 1. The fraction of sp³-hybridized carbons (Fsp3) is 0.757. The van der Waals surface area contributed by atoms with E-state index in [0.29, 0.717) is 24.1 Å². The van der Waals surface area contributed by atoms with E-state index in [-0.39, 0.29) is 32.2 Å². The zero-order valence-corrected chi connectivity index (χ0v) is 30.9. The predicted molar refractivity (Wildman–Crippen MR) is 192 cm³/mol. The molecule has 2 unspecified atom stereocenters. The number of nitrogens with zero attached hydrogens (tertiary/aromatic N) is 1. The minimum absolute atomic E-state index is 0.0795. The van der Waals surface area contributed by atoms with Crippen molar-refractivity contribution in [3.8, 4) is 0 Å². The van der Waals surface area contributed by atoms with Crippen molar-refractivity contribution in [1.82, 2.24) is 0 Å². The molecule has 0 radical (unpaired) electrons. The molecule has 268 valence electrons. The molecule has 0 bridgehead atoms. The van der Waals surface area contributed by atoms with E-state index >= 15 is 0 Å². The summed E-state index contributed by atoms with van der Waals surface area (Å²) in [5.74, 6) is -0.357. The fourth-order valence-electron chi connectivity index (χ4n) is 4.36. The molecule has 0 aliphatic carbocycles. The molecule has 8 nitrogen and oxygen atoms in total. The minimum atomic E-state index is -4.27. The molecular weight excluding hydrogens is 601 g/mol. The summed E-state index contributed by atoms with van der Waals surface area (Å²) in [6.07, 6.45) is 34.3. The fourth-order valence-corrected chi connectivity index (χ4v) is 5.11. The molecule has 0 saturated carbocycles. The number of phosphoric ester groups is 1. The number of phosphoric acid groups is 1. The van der Waals surface area contributed by atoms with E-state index in [1.165, 1.54) is 44.9 Å². The standard InChI is InChI=1S/C37H68NO7P/c1-6-8-10-12-14-16-17-18-19-20-21-22-24-26-28-30-37(39)45-36(35-44-46(40,41)43-33-31-38(3,4)5)34-42-32-29-27-25-23-15-13-11-9-7-2/h8,10,14,16,18-19,21-22,36H,6-7,9,11-13,15,17,20,23-35H2,1-5H3/p+1/b10-8-,16-14-,19-18-,22-21-. The molecule has 0 spiro atoms. The van der Waals surface area contributed by atoms with Gasteiger partial charge in [0.25, 0.3) is 0 Å². The van der Waals surface area contributed by atoms with E-state index in [2.05, 4.69) is 62.5 Å². The summed E-state index contributed by atoms with van der Waals surface area (Å²) in [6.45, 7) is 5.41. The van der Waals surface area contributed by atoms with Gasteiger partial charge in [-0.25, -0.2) is 4.57 Å². The van der Waals surface area contributed by atoms with Crippen LogP contribution in [0.1, 0.15) is 123 Å². The number of hydrogen-bond donors (Lipinski definition) is 1. The highest BCUT2D eigenvalue weighted by molar-refractivity contribution is 7.47. The molecule has 9 heteroatoms. The van der Waals surface area contributed by atoms with E-state index < -0.39 is 13.9 Å². The summed E-state index contributed by atoms with van der Waals surface area (Å²) in [5.41, 5.74) is 0. The summed E-state index contributed by atoms with van der Waals surface area (Å²) in [5, 5.41) is 0. The maximum atomic E-state index is 12.6. The van der Waals surface area contributed by atoms with Gasteiger partial charge >= 0.3 is 13.8 Å². The van der Waals surface area contributed by atoms with Gasteiger partial charge in [0.1, 0.15) is 19.3 Å². The Bertz CT molecular complexity index is 879. The monoisotopic (exact) mass is 670 g/mol. The SMILES string of the molecule is CC/C=C\C/C=C\C/C=C\C/C=C\CCCCC(=O)OC(COCCCCCCCCCCC)COP(=O)(O)OCC[N+](C)(C)C. The van der Waals surface area contributed by atoms with E-state index in [1.54, 1.807) is 0 Å². The zero-order chi connectivity index (χ0) is 34.2. The third kappa shape index (κ3) is 33.8. The number of carbonyl (C=O) groups excluding carboxylic acids is 1. The van der Waals surface area contributed by atoms with Crippen molar-refractivity contribution in [3.05, 3.63) is 48.6 Å². The van der Waals surface area contributed by atoms with Crippen LogP contribution in [0.2, 0.25) is 0 Å². The minimum Gasteiger partial charge on any atom is -0.457 e. The van der Waals surface area contributed by atoms with Gasteiger partial charge in [-0.3, -0.25) is 13.8 Å². The average Bonchev–Trinajstić information content (AvgIpc) is 2.99. The third-order valence-corrected chi connectivity index (χ3v) is 8.14. The molecule has 0 saturated heterocycles. The van der Waals surface area contributed by atoms with Crippen molar-refractivity contribution in [2.75, 3.05) is 54.1 Å². The molecule has 0 fully saturated rings. The van der Waals surface area contributed by atoms with E-state index in [1.807, 2.05) is 21.1 Å². The molecule has 46 heavy (non-hydrogen) atoms. The highest BCUT2D eigenvalue weighted by Gasteiger charge is 2.26. The molecule has 0 aromatic carbocycles. The van der Waals surface area contributed by atoms with Gasteiger partial charge in [-0.15, -0.1) is 0 Å². The third-order valence-electron chi connectivity index (χ3n) is 7.15. The molecular formula is C37H69NO7P+. The topological polar surface area (TPSA) is 91.3 Å². The molecule has 0 aromatic rings. The first-order chi connectivity index (χ1) is 22.1. The molecule has 1 N–H and O–H groups in total. The number of unbranched alkanes of at least 4 members (excludes halogenated alkanes) is 10. The lowest BCUT2D eigenvalue weighted by molar-refractivity contribution is -0.870. The summed E-state index contributed by atoms with van der Waals surface area (Å²) in [7, 11) is 1.63. The quantitative estimate of drug-likeness (QED) is 0.0251. The Balaban J connectivity index is 4.42. The number of likely N-dealkylation sites (N-methyl/N-ethyl adjacent to an activating group) is 1. The Kier molecular flexibility index (Phi) is 29.7.